The average Bonchev–Trinajstić information content (AvgIpc) is 2.55. The third-order valence-corrected chi connectivity index (χ3v) is 3.34. The molecule has 0 bridgehead atoms. The Morgan fingerprint density at radius 2 is 1.78 bits per heavy atom. The third kappa shape index (κ3) is 5.63. The number of rotatable bonds is 5. The number of ether oxygens (including phenoxy) is 1. The highest BCUT2D eigenvalue weighted by Gasteiger charge is 2.25. The van der Waals surface area contributed by atoms with Gasteiger partial charge in [-0.15, -0.1) is 0 Å². The van der Waals surface area contributed by atoms with Crippen LogP contribution in [0.3, 0.4) is 0 Å². The zero-order valence-electron chi connectivity index (χ0n) is 15.0. The Kier molecular flexibility index (Phi) is 5.94. The largest absolute Gasteiger partial charge is 0.444 e. The van der Waals surface area contributed by atoms with Crippen LogP contribution in [0, 0.1) is 21.7 Å². The molecule has 0 heterocycles. The first-order valence-electron chi connectivity index (χ1n) is 8.02. The number of carbonyl (C=O) groups excluding carboxylic acids is 1. The van der Waals surface area contributed by atoms with Crippen LogP contribution in [0.2, 0.25) is 0 Å². The number of benzene rings is 2. The lowest BCUT2D eigenvalue weighted by molar-refractivity contribution is -0.384. The van der Waals surface area contributed by atoms with E-state index in [2.05, 4.69) is 10.6 Å². The van der Waals surface area contributed by atoms with E-state index >= 15 is 0 Å². The number of hydrogen-bond acceptors (Lipinski definition) is 5. The van der Waals surface area contributed by atoms with Gasteiger partial charge in [-0.3, -0.25) is 15.4 Å². The van der Waals surface area contributed by atoms with Crippen molar-refractivity contribution >= 4 is 23.2 Å². The van der Waals surface area contributed by atoms with E-state index in [1.54, 1.807) is 20.8 Å². The van der Waals surface area contributed by atoms with Crippen LogP contribution < -0.4 is 10.6 Å². The Labute approximate surface area is 154 Å². The number of hydrogen-bond donors (Lipinski definition) is 2. The smallest absolute Gasteiger partial charge is 0.412 e. The van der Waals surface area contributed by atoms with Crippen LogP contribution in [0.4, 0.5) is 30.6 Å². The Hall–Kier alpha value is -3.23. The fourth-order valence-corrected chi connectivity index (χ4v) is 2.18. The van der Waals surface area contributed by atoms with Gasteiger partial charge in [0.05, 0.1) is 10.6 Å². The summed E-state index contributed by atoms with van der Waals surface area (Å²) >= 11 is 0. The van der Waals surface area contributed by atoms with Gasteiger partial charge >= 0.3 is 6.09 Å². The van der Waals surface area contributed by atoms with Crippen LogP contribution in [0.15, 0.2) is 36.4 Å². The number of anilines is 2. The van der Waals surface area contributed by atoms with Crippen molar-refractivity contribution < 1.29 is 23.2 Å². The lowest BCUT2D eigenvalue weighted by atomic mass is 10.2. The summed E-state index contributed by atoms with van der Waals surface area (Å²) in [4.78, 5) is 22.2. The number of nitrogens with one attached hydrogen (secondary N) is 2. The lowest BCUT2D eigenvalue weighted by Gasteiger charge is -2.20. The number of carbonyl (C=O) groups is 1. The molecule has 0 aromatic heterocycles. The standard InChI is InChI=1S/C18H19F2N3O4/c1-18(2,3)27-17(24)22-16-14(23(25)26)9-8-13(15(16)20)21-10-11-4-6-12(19)7-5-11/h4-9,21H,10H2,1-3H3,(H,22,24). The number of amides is 1. The SMILES string of the molecule is CC(C)(C)OC(=O)Nc1c([N+](=O)[O-])ccc(NCc2ccc(F)cc2)c1F. The van der Waals surface area contributed by atoms with Gasteiger partial charge in [0.2, 0.25) is 0 Å². The molecule has 0 aliphatic carbocycles. The molecular weight excluding hydrogens is 360 g/mol. The predicted molar refractivity (Wildman–Crippen MR) is 96.6 cm³/mol. The van der Waals surface area contributed by atoms with Gasteiger partial charge in [-0.25, -0.2) is 13.6 Å². The first-order chi connectivity index (χ1) is 12.6. The molecule has 0 saturated heterocycles. The molecule has 0 unspecified atom stereocenters. The van der Waals surface area contributed by atoms with E-state index in [0.717, 1.165) is 6.07 Å². The summed E-state index contributed by atoms with van der Waals surface area (Å²) in [6, 6.07) is 7.83. The Balaban J connectivity index is 2.25. The molecule has 144 valence electrons. The van der Waals surface area contributed by atoms with Crippen molar-refractivity contribution in [3.05, 3.63) is 63.7 Å². The molecule has 0 aliphatic heterocycles. The number of nitro benzene ring substituents is 1. The molecule has 0 aliphatic rings. The van der Waals surface area contributed by atoms with Gasteiger partial charge in [0.25, 0.3) is 5.69 Å². The first-order valence-corrected chi connectivity index (χ1v) is 8.02. The zero-order valence-corrected chi connectivity index (χ0v) is 15.0. The molecule has 0 spiro atoms. The number of nitrogens with zero attached hydrogens (tertiary/aromatic N) is 1. The van der Waals surface area contributed by atoms with Gasteiger partial charge < -0.3 is 10.1 Å². The van der Waals surface area contributed by atoms with Gasteiger partial charge in [-0.2, -0.15) is 0 Å². The molecule has 9 heteroatoms. The highest BCUT2D eigenvalue weighted by Crippen LogP contribution is 2.33. The second kappa shape index (κ2) is 7.98. The average molecular weight is 379 g/mol. The van der Waals surface area contributed by atoms with Gasteiger partial charge in [-0.1, -0.05) is 12.1 Å². The molecule has 2 N–H and O–H groups in total. The van der Waals surface area contributed by atoms with Gasteiger partial charge in [0, 0.05) is 12.6 Å². The first kappa shape index (κ1) is 20.1. The fraction of sp³-hybridized carbons (Fsp3) is 0.278. The summed E-state index contributed by atoms with van der Waals surface area (Å²) in [5, 5.41) is 16.0. The summed E-state index contributed by atoms with van der Waals surface area (Å²) in [7, 11) is 0. The molecule has 7 nitrogen and oxygen atoms in total. The van der Waals surface area contributed by atoms with Crippen molar-refractivity contribution in [3.8, 4) is 0 Å². The maximum Gasteiger partial charge on any atom is 0.412 e. The van der Waals surface area contributed by atoms with Crippen molar-refractivity contribution in [1.82, 2.24) is 0 Å². The van der Waals surface area contributed by atoms with Crippen LogP contribution in [0.5, 0.6) is 0 Å². The molecule has 0 saturated carbocycles. The topological polar surface area (TPSA) is 93.5 Å². The molecule has 2 rings (SSSR count). The van der Waals surface area contributed by atoms with Crippen LogP contribution in [0.25, 0.3) is 0 Å². The maximum absolute atomic E-state index is 14.8. The molecular formula is C18H19F2N3O4. The minimum Gasteiger partial charge on any atom is -0.444 e. The van der Waals surface area contributed by atoms with Crippen LogP contribution in [-0.2, 0) is 11.3 Å². The van der Waals surface area contributed by atoms with Gasteiger partial charge in [-0.05, 0) is 44.5 Å². The van der Waals surface area contributed by atoms with Crippen molar-refractivity contribution in [3.63, 3.8) is 0 Å². The minimum atomic E-state index is -1.01. The summed E-state index contributed by atoms with van der Waals surface area (Å²) in [6.07, 6.45) is -1.01. The van der Waals surface area contributed by atoms with E-state index in [0.29, 0.717) is 5.56 Å². The number of nitro groups is 1. The lowest BCUT2D eigenvalue weighted by Crippen LogP contribution is -2.27. The van der Waals surface area contributed by atoms with Crippen molar-refractivity contribution in [2.75, 3.05) is 10.6 Å². The molecule has 1 amide bonds. The molecule has 0 radical (unpaired) electrons. The summed E-state index contributed by atoms with van der Waals surface area (Å²) in [5.41, 5.74) is -1.44. The van der Waals surface area contributed by atoms with Gasteiger partial charge in [0.1, 0.15) is 11.4 Å². The Morgan fingerprint density at radius 1 is 1.15 bits per heavy atom. The van der Waals surface area contributed by atoms with Crippen molar-refractivity contribution in [2.24, 2.45) is 0 Å². The quantitative estimate of drug-likeness (QED) is 0.573. The molecule has 0 atom stereocenters. The van der Waals surface area contributed by atoms with E-state index in [1.165, 1.54) is 30.3 Å². The summed E-state index contributed by atoms with van der Waals surface area (Å²) in [6.45, 7) is 4.98. The highest BCUT2D eigenvalue weighted by atomic mass is 19.1. The predicted octanol–water partition coefficient (Wildman–Crippen LogP) is 4.83. The number of halogens is 2. The third-order valence-electron chi connectivity index (χ3n) is 3.34. The normalized spacial score (nSPS) is 11.0. The van der Waals surface area contributed by atoms with Crippen LogP contribution in [0.1, 0.15) is 26.3 Å². The zero-order chi connectivity index (χ0) is 20.2. The van der Waals surface area contributed by atoms with E-state index in [-0.39, 0.29) is 12.2 Å². The Morgan fingerprint density at radius 3 is 2.33 bits per heavy atom. The molecule has 27 heavy (non-hydrogen) atoms. The molecule has 2 aromatic carbocycles. The van der Waals surface area contributed by atoms with E-state index < -0.39 is 39.6 Å². The van der Waals surface area contributed by atoms with E-state index in [9.17, 15) is 23.7 Å². The highest BCUT2D eigenvalue weighted by molar-refractivity contribution is 5.89. The van der Waals surface area contributed by atoms with Gasteiger partial charge in [0.15, 0.2) is 11.5 Å². The van der Waals surface area contributed by atoms with E-state index in [4.69, 9.17) is 4.74 Å². The maximum atomic E-state index is 14.8. The summed E-state index contributed by atoms with van der Waals surface area (Å²) < 4.78 is 32.7. The van der Waals surface area contributed by atoms with Crippen molar-refractivity contribution in [2.45, 2.75) is 32.9 Å². The molecule has 2 aromatic rings. The second-order valence-corrected chi connectivity index (χ2v) is 6.69. The van der Waals surface area contributed by atoms with Crippen LogP contribution in [-0.4, -0.2) is 16.6 Å². The Bertz CT molecular complexity index is 849. The fourth-order valence-electron chi connectivity index (χ4n) is 2.18. The second-order valence-electron chi connectivity index (χ2n) is 6.69. The molecule has 0 fully saturated rings. The monoisotopic (exact) mass is 379 g/mol. The minimum absolute atomic E-state index is 0.0593. The van der Waals surface area contributed by atoms with Crippen LogP contribution >= 0.6 is 0 Å². The van der Waals surface area contributed by atoms with E-state index in [1.807, 2.05) is 0 Å². The van der Waals surface area contributed by atoms with Crippen molar-refractivity contribution in [1.29, 1.82) is 0 Å². The summed E-state index contributed by atoms with van der Waals surface area (Å²) in [5.74, 6) is -1.40.